The average molecular weight is 266 g/mol. The number of pyridine rings is 1. The molecule has 1 aromatic rings. The molecule has 0 spiro atoms. The Kier molecular flexibility index (Phi) is 4.06. The van der Waals surface area contributed by atoms with Crippen LogP contribution in [-0.4, -0.2) is 12.1 Å². The summed E-state index contributed by atoms with van der Waals surface area (Å²) in [7, 11) is 1.03. The third-order valence-corrected chi connectivity index (χ3v) is 2.09. The summed E-state index contributed by atoms with van der Waals surface area (Å²) in [4.78, 5) is 2.86. The SMILES string of the molecule is COc1cc(C(F)(F)F)nc(C(F)F)c1CC#N. The number of methoxy groups -OCH3 is 1. The maximum atomic E-state index is 12.6. The van der Waals surface area contributed by atoms with Gasteiger partial charge >= 0.3 is 6.18 Å². The van der Waals surface area contributed by atoms with Crippen LogP contribution in [0.25, 0.3) is 0 Å². The molecule has 0 saturated carbocycles. The van der Waals surface area contributed by atoms with Gasteiger partial charge in [0.05, 0.1) is 19.6 Å². The molecule has 0 aromatic carbocycles. The molecule has 18 heavy (non-hydrogen) atoms. The van der Waals surface area contributed by atoms with Crippen LogP contribution in [0.1, 0.15) is 23.4 Å². The Morgan fingerprint density at radius 3 is 2.44 bits per heavy atom. The molecule has 0 aliphatic rings. The second-order valence-electron chi connectivity index (χ2n) is 3.21. The molecule has 0 fully saturated rings. The van der Waals surface area contributed by atoms with Gasteiger partial charge in [0.25, 0.3) is 6.43 Å². The highest BCUT2D eigenvalue weighted by Gasteiger charge is 2.35. The normalized spacial score (nSPS) is 11.4. The van der Waals surface area contributed by atoms with Gasteiger partial charge in [-0.25, -0.2) is 13.8 Å². The van der Waals surface area contributed by atoms with Crippen molar-refractivity contribution in [3.63, 3.8) is 0 Å². The van der Waals surface area contributed by atoms with Gasteiger partial charge < -0.3 is 4.74 Å². The largest absolute Gasteiger partial charge is 0.496 e. The number of aromatic nitrogens is 1. The van der Waals surface area contributed by atoms with Gasteiger partial charge in [-0.1, -0.05) is 0 Å². The van der Waals surface area contributed by atoms with E-state index in [4.69, 9.17) is 5.26 Å². The topological polar surface area (TPSA) is 45.9 Å². The second kappa shape index (κ2) is 5.16. The molecule has 8 heteroatoms. The fraction of sp³-hybridized carbons (Fsp3) is 0.400. The van der Waals surface area contributed by atoms with Crippen LogP contribution in [-0.2, 0) is 12.6 Å². The van der Waals surface area contributed by atoms with Crippen molar-refractivity contribution in [2.75, 3.05) is 7.11 Å². The number of hydrogen-bond acceptors (Lipinski definition) is 3. The molecule has 0 saturated heterocycles. The van der Waals surface area contributed by atoms with E-state index in [9.17, 15) is 22.0 Å². The van der Waals surface area contributed by atoms with Crippen molar-refractivity contribution in [3.8, 4) is 11.8 Å². The summed E-state index contributed by atoms with van der Waals surface area (Å²) in [5.74, 6) is -0.422. The van der Waals surface area contributed by atoms with Crippen molar-refractivity contribution in [3.05, 3.63) is 23.0 Å². The van der Waals surface area contributed by atoms with Gasteiger partial charge in [0.1, 0.15) is 17.1 Å². The highest BCUT2D eigenvalue weighted by Crippen LogP contribution is 2.35. The second-order valence-corrected chi connectivity index (χ2v) is 3.21. The van der Waals surface area contributed by atoms with Crippen molar-refractivity contribution in [2.24, 2.45) is 0 Å². The predicted molar refractivity (Wildman–Crippen MR) is 50.1 cm³/mol. The molecule has 0 radical (unpaired) electrons. The number of nitrogens with zero attached hydrogens (tertiary/aromatic N) is 2. The molecule has 3 nitrogen and oxygen atoms in total. The summed E-state index contributed by atoms with van der Waals surface area (Å²) in [5, 5.41) is 8.47. The molecule has 0 bridgehead atoms. The Morgan fingerprint density at radius 2 is 2.06 bits per heavy atom. The highest BCUT2D eigenvalue weighted by molar-refractivity contribution is 5.41. The van der Waals surface area contributed by atoms with Gasteiger partial charge in [-0.15, -0.1) is 0 Å². The highest BCUT2D eigenvalue weighted by atomic mass is 19.4. The lowest BCUT2D eigenvalue weighted by molar-refractivity contribution is -0.141. The maximum absolute atomic E-state index is 12.6. The lowest BCUT2D eigenvalue weighted by atomic mass is 10.1. The van der Waals surface area contributed by atoms with Gasteiger partial charge in [-0.2, -0.15) is 18.4 Å². The van der Waals surface area contributed by atoms with E-state index in [2.05, 4.69) is 9.72 Å². The van der Waals surface area contributed by atoms with Gasteiger partial charge in [0.15, 0.2) is 0 Å². The molecule has 1 heterocycles. The van der Waals surface area contributed by atoms with Crippen molar-refractivity contribution in [2.45, 2.75) is 19.0 Å². The lowest BCUT2D eigenvalue weighted by Crippen LogP contribution is -2.12. The Labute approximate surface area is 98.8 Å². The van der Waals surface area contributed by atoms with E-state index in [1.807, 2.05) is 0 Å². The predicted octanol–water partition coefficient (Wildman–Crippen LogP) is 3.11. The Morgan fingerprint density at radius 1 is 1.44 bits per heavy atom. The van der Waals surface area contributed by atoms with Crippen LogP contribution in [0.15, 0.2) is 6.07 Å². The number of nitriles is 1. The third-order valence-electron chi connectivity index (χ3n) is 2.09. The van der Waals surface area contributed by atoms with Gasteiger partial charge in [0.2, 0.25) is 0 Å². The molecule has 1 aromatic heterocycles. The summed E-state index contributed by atoms with van der Waals surface area (Å²) < 4.78 is 67.2. The van der Waals surface area contributed by atoms with E-state index < -0.39 is 36.2 Å². The number of halogens is 5. The number of alkyl halides is 5. The van der Waals surface area contributed by atoms with Crippen LogP contribution in [0.5, 0.6) is 5.75 Å². The quantitative estimate of drug-likeness (QED) is 0.789. The smallest absolute Gasteiger partial charge is 0.433 e. The van der Waals surface area contributed by atoms with E-state index in [1.54, 1.807) is 6.07 Å². The Balaban J connectivity index is 3.49. The van der Waals surface area contributed by atoms with Crippen LogP contribution in [0.2, 0.25) is 0 Å². The Bertz CT molecular complexity index is 478. The minimum Gasteiger partial charge on any atom is -0.496 e. The molecule has 1 rings (SSSR count). The Hall–Kier alpha value is -1.91. The standard InChI is InChI=1S/C10H7F5N2O/c1-18-6-4-7(10(13,14)15)17-8(9(11)12)5(6)2-3-16/h4,9H,2H2,1H3. The molecule has 0 unspecified atom stereocenters. The van der Waals surface area contributed by atoms with E-state index in [-0.39, 0.29) is 5.56 Å². The average Bonchev–Trinajstić information content (AvgIpc) is 2.27. The molecule has 0 aliphatic carbocycles. The lowest BCUT2D eigenvalue weighted by Gasteiger charge is -2.14. The van der Waals surface area contributed by atoms with Crippen LogP contribution in [0.3, 0.4) is 0 Å². The molecular weight excluding hydrogens is 259 g/mol. The zero-order valence-electron chi connectivity index (χ0n) is 9.05. The molecule has 0 atom stereocenters. The van der Waals surface area contributed by atoms with E-state index in [0.717, 1.165) is 7.11 Å². The summed E-state index contributed by atoms with van der Waals surface area (Å²) in [6.45, 7) is 0. The number of ether oxygens (including phenoxy) is 1. The summed E-state index contributed by atoms with van der Waals surface area (Å²) in [5.41, 5.74) is -2.89. The first-order chi connectivity index (χ1) is 8.31. The first-order valence-corrected chi connectivity index (χ1v) is 4.61. The van der Waals surface area contributed by atoms with Crippen LogP contribution in [0, 0.1) is 11.3 Å². The van der Waals surface area contributed by atoms with Gasteiger partial charge in [-0.05, 0) is 0 Å². The minimum absolute atomic E-state index is 0.331. The maximum Gasteiger partial charge on any atom is 0.433 e. The third kappa shape index (κ3) is 2.85. The van der Waals surface area contributed by atoms with E-state index in [1.165, 1.54) is 0 Å². The molecular formula is C10H7F5N2O. The van der Waals surface area contributed by atoms with Crippen molar-refractivity contribution >= 4 is 0 Å². The van der Waals surface area contributed by atoms with Crippen LogP contribution < -0.4 is 4.74 Å². The van der Waals surface area contributed by atoms with E-state index >= 15 is 0 Å². The van der Waals surface area contributed by atoms with Crippen LogP contribution >= 0.6 is 0 Å². The van der Waals surface area contributed by atoms with Crippen molar-refractivity contribution in [1.82, 2.24) is 4.98 Å². The van der Waals surface area contributed by atoms with Crippen molar-refractivity contribution < 1.29 is 26.7 Å². The molecule has 0 amide bonds. The number of rotatable bonds is 3. The fourth-order valence-electron chi connectivity index (χ4n) is 1.33. The van der Waals surface area contributed by atoms with Crippen molar-refractivity contribution in [1.29, 1.82) is 5.26 Å². The summed E-state index contributed by atoms with van der Waals surface area (Å²) in [6.07, 6.45) is -8.58. The zero-order chi connectivity index (χ0) is 13.9. The van der Waals surface area contributed by atoms with Gasteiger partial charge in [-0.3, -0.25) is 0 Å². The zero-order valence-corrected chi connectivity index (χ0v) is 9.05. The van der Waals surface area contributed by atoms with E-state index in [0.29, 0.717) is 6.07 Å². The molecule has 98 valence electrons. The minimum atomic E-state index is -4.86. The molecule has 0 aliphatic heterocycles. The van der Waals surface area contributed by atoms with Crippen LogP contribution in [0.4, 0.5) is 22.0 Å². The fourth-order valence-corrected chi connectivity index (χ4v) is 1.33. The molecule has 0 N–H and O–H groups in total. The summed E-state index contributed by atoms with van der Waals surface area (Å²) >= 11 is 0. The monoisotopic (exact) mass is 266 g/mol. The summed E-state index contributed by atoms with van der Waals surface area (Å²) in [6, 6.07) is 2.08. The number of hydrogen-bond donors (Lipinski definition) is 0. The first-order valence-electron chi connectivity index (χ1n) is 4.61. The first kappa shape index (κ1) is 14.2. The van der Waals surface area contributed by atoms with Gasteiger partial charge in [0, 0.05) is 11.6 Å².